The molecule has 3 heteroatoms. The van der Waals surface area contributed by atoms with E-state index in [1.54, 1.807) is 6.20 Å². The predicted octanol–water partition coefficient (Wildman–Crippen LogP) is 2.60. The Morgan fingerprint density at radius 2 is 1.87 bits per heavy atom. The molecule has 2 heterocycles. The van der Waals surface area contributed by atoms with Gasteiger partial charge in [0.25, 0.3) is 5.56 Å². The SMILES string of the molecule is Cc1c(C(C)C)[nH]c2c(C)c(=O)[nH]cc12. The number of nitrogens with one attached hydrogen (secondary N) is 2. The number of aromatic nitrogens is 2. The summed E-state index contributed by atoms with van der Waals surface area (Å²) in [6.07, 6.45) is 1.79. The van der Waals surface area contributed by atoms with E-state index in [0.717, 1.165) is 16.5 Å². The first-order chi connectivity index (χ1) is 7.02. The van der Waals surface area contributed by atoms with Crippen LogP contribution in [0.2, 0.25) is 0 Å². The van der Waals surface area contributed by atoms with Crippen LogP contribution in [0.3, 0.4) is 0 Å². The van der Waals surface area contributed by atoms with Crippen LogP contribution in [0.25, 0.3) is 10.9 Å². The molecule has 0 saturated carbocycles. The largest absolute Gasteiger partial charge is 0.358 e. The third-order valence-corrected chi connectivity index (χ3v) is 2.98. The molecular weight excluding hydrogens is 188 g/mol. The smallest absolute Gasteiger partial charge is 0.252 e. The minimum Gasteiger partial charge on any atom is -0.358 e. The van der Waals surface area contributed by atoms with Gasteiger partial charge < -0.3 is 9.97 Å². The first-order valence-electron chi connectivity index (χ1n) is 5.22. The second kappa shape index (κ2) is 3.26. The fraction of sp³-hybridized carbons (Fsp3) is 0.417. The van der Waals surface area contributed by atoms with E-state index in [2.05, 4.69) is 30.7 Å². The lowest BCUT2D eigenvalue weighted by atomic mass is 10.1. The van der Waals surface area contributed by atoms with Gasteiger partial charge in [-0.3, -0.25) is 4.79 Å². The van der Waals surface area contributed by atoms with E-state index in [9.17, 15) is 4.79 Å². The van der Waals surface area contributed by atoms with Gasteiger partial charge in [-0.2, -0.15) is 0 Å². The molecule has 0 unspecified atom stereocenters. The number of hydrogen-bond donors (Lipinski definition) is 2. The van der Waals surface area contributed by atoms with E-state index in [1.807, 2.05) is 6.92 Å². The third kappa shape index (κ3) is 1.39. The summed E-state index contributed by atoms with van der Waals surface area (Å²) < 4.78 is 0. The van der Waals surface area contributed by atoms with Crippen LogP contribution in [0.1, 0.15) is 36.6 Å². The molecule has 0 aliphatic carbocycles. The summed E-state index contributed by atoms with van der Waals surface area (Å²) in [6, 6.07) is 0. The lowest BCUT2D eigenvalue weighted by molar-refractivity contribution is 0.827. The summed E-state index contributed by atoms with van der Waals surface area (Å²) in [5, 5.41) is 1.12. The van der Waals surface area contributed by atoms with E-state index < -0.39 is 0 Å². The van der Waals surface area contributed by atoms with Gasteiger partial charge in [0, 0.05) is 22.8 Å². The van der Waals surface area contributed by atoms with Crippen LogP contribution in [0.15, 0.2) is 11.0 Å². The third-order valence-electron chi connectivity index (χ3n) is 2.98. The van der Waals surface area contributed by atoms with Crippen LogP contribution in [0.5, 0.6) is 0 Å². The van der Waals surface area contributed by atoms with Crippen molar-refractivity contribution in [1.82, 2.24) is 9.97 Å². The highest BCUT2D eigenvalue weighted by atomic mass is 16.1. The zero-order valence-corrected chi connectivity index (χ0v) is 9.56. The van der Waals surface area contributed by atoms with Crippen molar-refractivity contribution in [2.24, 2.45) is 0 Å². The molecular formula is C12H16N2O. The number of H-pyrrole nitrogens is 2. The molecule has 0 aliphatic rings. The van der Waals surface area contributed by atoms with Crippen LogP contribution >= 0.6 is 0 Å². The summed E-state index contributed by atoms with van der Waals surface area (Å²) in [4.78, 5) is 17.6. The molecule has 3 nitrogen and oxygen atoms in total. The molecule has 2 N–H and O–H groups in total. The second-order valence-electron chi connectivity index (χ2n) is 4.35. The zero-order valence-electron chi connectivity index (χ0n) is 9.56. The molecule has 0 atom stereocenters. The highest BCUT2D eigenvalue weighted by Crippen LogP contribution is 2.26. The minimum absolute atomic E-state index is 0.0148. The fourth-order valence-corrected chi connectivity index (χ4v) is 2.04. The Morgan fingerprint density at radius 1 is 1.20 bits per heavy atom. The van der Waals surface area contributed by atoms with Crippen molar-refractivity contribution in [3.8, 4) is 0 Å². The average Bonchev–Trinajstić information content (AvgIpc) is 2.51. The first kappa shape index (κ1) is 10.0. The van der Waals surface area contributed by atoms with Crippen molar-refractivity contribution in [2.45, 2.75) is 33.6 Å². The van der Waals surface area contributed by atoms with Crippen LogP contribution < -0.4 is 5.56 Å². The van der Waals surface area contributed by atoms with Gasteiger partial charge in [-0.1, -0.05) is 13.8 Å². The molecule has 0 saturated heterocycles. The first-order valence-corrected chi connectivity index (χ1v) is 5.22. The molecule has 0 bridgehead atoms. The highest BCUT2D eigenvalue weighted by molar-refractivity contribution is 5.86. The van der Waals surface area contributed by atoms with Crippen molar-refractivity contribution in [3.05, 3.63) is 33.4 Å². The van der Waals surface area contributed by atoms with E-state index in [0.29, 0.717) is 5.92 Å². The van der Waals surface area contributed by atoms with Crippen LogP contribution in [0, 0.1) is 13.8 Å². The van der Waals surface area contributed by atoms with Crippen molar-refractivity contribution in [3.63, 3.8) is 0 Å². The van der Waals surface area contributed by atoms with E-state index >= 15 is 0 Å². The van der Waals surface area contributed by atoms with Crippen molar-refractivity contribution < 1.29 is 0 Å². The monoisotopic (exact) mass is 204 g/mol. The molecule has 15 heavy (non-hydrogen) atoms. The number of pyridine rings is 1. The number of aryl methyl sites for hydroxylation is 2. The molecule has 80 valence electrons. The normalized spacial score (nSPS) is 11.5. The lowest BCUT2D eigenvalue weighted by Crippen LogP contribution is -2.08. The Hall–Kier alpha value is -1.51. The highest BCUT2D eigenvalue weighted by Gasteiger charge is 2.12. The summed E-state index contributed by atoms with van der Waals surface area (Å²) in [5.41, 5.74) is 4.17. The molecule has 0 aliphatic heterocycles. The summed E-state index contributed by atoms with van der Waals surface area (Å²) in [6.45, 7) is 8.23. The summed E-state index contributed by atoms with van der Waals surface area (Å²) >= 11 is 0. The average molecular weight is 204 g/mol. The van der Waals surface area contributed by atoms with Gasteiger partial charge in [0.2, 0.25) is 0 Å². The maximum atomic E-state index is 11.4. The summed E-state index contributed by atoms with van der Waals surface area (Å²) in [5.74, 6) is 0.451. The Balaban J connectivity index is 2.88. The summed E-state index contributed by atoms with van der Waals surface area (Å²) in [7, 11) is 0. The molecule has 2 rings (SSSR count). The van der Waals surface area contributed by atoms with Gasteiger partial charge in [-0.25, -0.2) is 0 Å². The van der Waals surface area contributed by atoms with Gasteiger partial charge in [0.05, 0.1) is 5.52 Å². The quantitative estimate of drug-likeness (QED) is 0.737. The number of aromatic amines is 2. The van der Waals surface area contributed by atoms with Gasteiger partial charge >= 0.3 is 0 Å². The number of fused-ring (bicyclic) bond motifs is 1. The lowest BCUT2D eigenvalue weighted by Gasteiger charge is -2.02. The van der Waals surface area contributed by atoms with Crippen molar-refractivity contribution >= 4 is 10.9 Å². The second-order valence-corrected chi connectivity index (χ2v) is 4.35. The van der Waals surface area contributed by atoms with Crippen LogP contribution in [-0.2, 0) is 0 Å². The Labute approximate surface area is 88.5 Å². The molecule has 0 aromatic carbocycles. The van der Waals surface area contributed by atoms with Crippen LogP contribution in [-0.4, -0.2) is 9.97 Å². The van der Waals surface area contributed by atoms with E-state index in [4.69, 9.17) is 0 Å². The maximum absolute atomic E-state index is 11.4. The van der Waals surface area contributed by atoms with Gasteiger partial charge in [-0.15, -0.1) is 0 Å². The molecule has 2 aromatic heterocycles. The standard InChI is InChI=1S/C12H16N2O/c1-6(2)10-7(3)9-5-13-12(15)8(4)11(9)14-10/h5-6,14H,1-4H3,(H,13,15). The number of hydrogen-bond acceptors (Lipinski definition) is 1. The molecule has 0 spiro atoms. The van der Waals surface area contributed by atoms with Crippen molar-refractivity contribution in [1.29, 1.82) is 0 Å². The molecule has 0 radical (unpaired) electrons. The minimum atomic E-state index is -0.0148. The molecule has 2 aromatic rings. The Bertz CT molecular complexity index is 561. The zero-order chi connectivity index (χ0) is 11.2. The number of rotatable bonds is 1. The topological polar surface area (TPSA) is 48.6 Å². The van der Waals surface area contributed by atoms with E-state index in [1.165, 1.54) is 11.3 Å². The van der Waals surface area contributed by atoms with Gasteiger partial charge in [0.1, 0.15) is 0 Å². The van der Waals surface area contributed by atoms with Crippen molar-refractivity contribution in [2.75, 3.05) is 0 Å². The van der Waals surface area contributed by atoms with Gasteiger partial charge in [-0.05, 0) is 25.3 Å². The fourth-order valence-electron chi connectivity index (χ4n) is 2.04. The van der Waals surface area contributed by atoms with E-state index in [-0.39, 0.29) is 5.56 Å². The Morgan fingerprint density at radius 3 is 2.47 bits per heavy atom. The predicted molar refractivity (Wildman–Crippen MR) is 62.5 cm³/mol. The molecule has 0 amide bonds. The van der Waals surface area contributed by atoms with Crippen LogP contribution in [0.4, 0.5) is 0 Å². The molecule has 0 fully saturated rings. The maximum Gasteiger partial charge on any atom is 0.252 e. The Kier molecular flexibility index (Phi) is 2.18. The van der Waals surface area contributed by atoms with Gasteiger partial charge in [0.15, 0.2) is 0 Å².